The summed E-state index contributed by atoms with van der Waals surface area (Å²) in [5.41, 5.74) is -0.801. The summed E-state index contributed by atoms with van der Waals surface area (Å²) in [6.07, 6.45) is 2.28. The van der Waals surface area contributed by atoms with Crippen molar-refractivity contribution in [3.63, 3.8) is 0 Å². The highest BCUT2D eigenvalue weighted by Gasteiger charge is 2.40. The molecule has 1 saturated carbocycles. The number of esters is 1. The molecule has 0 atom stereocenters. The fourth-order valence-corrected chi connectivity index (χ4v) is 1.55. The second-order valence-electron chi connectivity index (χ2n) is 3.68. The highest BCUT2D eigenvalue weighted by molar-refractivity contribution is 5.87. The standard InChI is InChI=1S/C10H13NO4.H2/c1-2-14-9(12)7-6-8(15-11-7)10(13)4-3-5-10;/h6,13H,2-5H2,1H3;1H. The van der Waals surface area contributed by atoms with E-state index in [9.17, 15) is 9.90 Å². The first-order chi connectivity index (χ1) is 7.15. The molecule has 1 N–H and O–H groups in total. The third kappa shape index (κ3) is 1.74. The Hall–Kier alpha value is -1.36. The fraction of sp³-hybridized carbons (Fsp3) is 0.600. The predicted octanol–water partition coefficient (Wildman–Crippen LogP) is 1.47. The van der Waals surface area contributed by atoms with Gasteiger partial charge in [0, 0.05) is 7.49 Å². The van der Waals surface area contributed by atoms with E-state index in [-0.39, 0.29) is 7.12 Å². The molecule has 0 aromatic carbocycles. The Morgan fingerprint density at radius 2 is 2.53 bits per heavy atom. The molecule has 1 aromatic rings. The van der Waals surface area contributed by atoms with Crippen molar-refractivity contribution in [2.75, 3.05) is 6.61 Å². The minimum Gasteiger partial charge on any atom is -0.461 e. The maximum absolute atomic E-state index is 11.3. The van der Waals surface area contributed by atoms with E-state index in [4.69, 9.17) is 9.26 Å². The fourth-order valence-electron chi connectivity index (χ4n) is 1.55. The molecule has 5 nitrogen and oxygen atoms in total. The lowest BCUT2D eigenvalue weighted by Gasteiger charge is -2.33. The van der Waals surface area contributed by atoms with Crippen LogP contribution in [0.5, 0.6) is 0 Å². The number of nitrogens with zero attached hydrogens (tertiary/aromatic N) is 1. The third-order valence-electron chi connectivity index (χ3n) is 2.63. The van der Waals surface area contributed by atoms with E-state index in [2.05, 4.69) is 5.16 Å². The van der Waals surface area contributed by atoms with Crippen molar-refractivity contribution in [2.24, 2.45) is 0 Å². The van der Waals surface area contributed by atoms with Gasteiger partial charge in [-0.25, -0.2) is 4.79 Å². The summed E-state index contributed by atoms with van der Waals surface area (Å²) in [5, 5.41) is 13.5. The molecule has 0 spiro atoms. The van der Waals surface area contributed by atoms with Crippen LogP contribution in [0.3, 0.4) is 0 Å². The lowest BCUT2D eigenvalue weighted by atomic mass is 9.78. The molecule has 1 fully saturated rings. The minimum atomic E-state index is -0.919. The summed E-state index contributed by atoms with van der Waals surface area (Å²) in [5.74, 6) is -0.160. The van der Waals surface area contributed by atoms with Gasteiger partial charge in [0.15, 0.2) is 11.5 Å². The van der Waals surface area contributed by atoms with Gasteiger partial charge >= 0.3 is 5.97 Å². The van der Waals surface area contributed by atoms with Crippen molar-refractivity contribution in [1.82, 2.24) is 5.16 Å². The zero-order valence-electron chi connectivity index (χ0n) is 8.52. The molecule has 1 heterocycles. The van der Waals surface area contributed by atoms with Crippen molar-refractivity contribution in [2.45, 2.75) is 31.8 Å². The van der Waals surface area contributed by atoms with Gasteiger partial charge in [-0.05, 0) is 26.2 Å². The van der Waals surface area contributed by atoms with Crippen molar-refractivity contribution >= 4 is 5.97 Å². The summed E-state index contributed by atoms with van der Waals surface area (Å²) in [6.45, 7) is 2.02. The van der Waals surface area contributed by atoms with Crippen molar-refractivity contribution < 1.29 is 20.6 Å². The molecular weight excluding hydrogens is 198 g/mol. The van der Waals surface area contributed by atoms with E-state index in [1.54, 1.807) is 6.92 Å². The zero-order chi connectivity index (χ0) is 10.9. The number of carbonyl (C=O) groups is 1. The first kappa shape index (κ1) is 10.2. The lowest BCUT2D eigenvalue weighted by molar-refractivity contribution is -0.0602. The van der Waals surface area contributed by atoms with Crippen LogP contribution in [0.15, 0.2) is 10.6 Å². The molecule has 2 rings (SSSR count). The van der Waals surface area contributed by atoms with Crippen LogP contribution in [-0.4, -0.2) is 22.8 Å². The van der Waals surface area contributed by atoms with Gasteiger partial charge < -0.3 is 14.4 Å². The highest BCUT2D eigenvalue weighted by atomic mass is 16.5. The number of rotatable bonds is 3. The quantitative estimate of drug-likeness (QED) is 0.770. The van der Waals surface area contributed by atoms with Crippen LogP contribution in [0, 0.1) is 0 Å². The van der Waals surface area contributed by atoms with Crippen LogP contribution in [0.25, 0.3) is 0 Å². The number of aromatic nitrogens is 1. The molecule has 0 unspecified atom stereocenters. The number of hydrogen-bond donors (Lipinski definition) is 1. The predicted molar refractivity (Wildman–Crippen MR) is 52.3 cm³/mol. The summed E-state index contributed by atoms with van der Waals surface area (Å²) in [4.78, 5) is 11.3. The van der Waals surface area contributed by atoms with Crippen LogP contribution in [0.1, 0.15) is 43.9 Å². The molecule has 84 valence electrons. The van der Waals surface area contributed by atoms with Crippen molar-refractivity contribution in [1.29, 1.82) is 0 Å². The number of aliphatic hydroxyl groups is 1. The first-order valence-corrected chi connectivity index (χ1v) is 5.02. The van der Waals surface area contributed by atoms with E-state index < -0.39 is 11.6 Å². The van der Waals surface area contributed by atoms with Crippen LogP contribution < -0.4 is 0 Å². The Morgan fingerprint density at radius 3 is 3.07 bits per heavy atom. The highest BCUT2D eigenvalue weighted by Crippen LogP contribution is 2.41. The Balaban J connectivity index is 0.00000128. The van der Waals surface area contributed by atoms with Gasteiger partial charge in [-0.15, -0.1) is 0 Å². The molecule has 5 heteroatoms. The van der Waals surface area contributed by atoms with Crippen LogP contribution >= 0.6 is 0 Å². The largest absolute Gasteiger partial charge is 0.461 e. The summed E-state index contributed by atoms with van der Waals surface area (Å²) >= 11 is 0. The van der Waals surface area contributed by atoms with Gasteiger partial charge in [0.1, 0.15) is 5.60 Å². The molecule has 0 amide bonds. The van der Waals surface area contributed by atoms with Gasteiger partial charge in [0.05, 0.1) is 6.61 Å². The average Bonchev–Trinajstić information content (AvgIpc) is 2.63. The zero-order valence-corrected chi connectivity index (χ0v) is 8.52. The van der Waals surface area contributed by atoms with Crippen LogP contribution in [0.2, 0.25) is 0 Å². The number of ether oxygens (including phenoxy) is 1. The van der Waals surface area contributed by atoms with E-state index in [0.29, 0.717) is 25.2 Å². The molecule has 0 aliphatic heterocycles. The van der Waals surface area contributed by atoms with E-state index >= 15 is 0 Å². The molecule has 15 heavy (non-hydrogen) atoms. The van der Waals surface area contributed by atoms with Crippen LogP contribution in [0.4, 0.5) is 0 Å². The molecule has 0 radical (unpaired) electrons. The topological polar surface area (TPSA) is 72.6 Å². The molecule has 1 aliphatic carbocycles. The summed E-state index contributed by atoms with van der Waals surface area (Å²) in [7, 11) is 0. The Bertz CT molecular complexity index is 373. The average molecular weight is 213 g/mol. The van der Waals surface area contributed by atoms with Gasteiger partial charge in [-0.3, -0.25) is 0 Å². The number of carbonyl (C=O) groups excluding carboxylic acids is 1. The molecule has 1 aliphatic rings. The maximum atomic E-state index is 11.3. The maximum Gasteiger partial charge on any atom is 0.360 e. The Kier molecular flexibility index (Phi) is 2.48. The van der Waals surface area contributed by atoms with Gasteiger partial charge in [-0.2, -0.15) is 0 Å². The molecule has 1 aromatic heterocycles. The van der Waals surface area contributed by atoms with E-state index in [1.165, 1.54) is 6.07 Å². The van der Waals surface area contributed by atoms with Crippen molar-refractivity contribution in [3.8, 4) is 0 Å². The second-order valence-corrected chi connectivity index (χ2v) is 3.68. The lowest BCUT2D eigenvalue weighted by Crippen LogP contribution is -2.33. The Labute approximate surface area is 88.5 Å². The summed E-state index contributed by atoms with van der Waals surface area (Å²) < 4.78 is 9.70. The molecule has 0 saturated heterocycles. The summed E-state index contributed by atoms with van der Waals surface area (Å²) in [6, 6.07) is 1.46. The van der Waals surface area contributed by atoms with Crippen LogP contribution in [-0.2, 0) is 10.3 Å². The minimum absolute atomic E-state index is 0. The number of hydrogen-bond acceptors (Lipinski definition) is 5. The normalized spacial score (nSPS) is 18.3. The monoisotopic (exact) mass is 213 g/mol. The smallest absolute Gasteiger partial charge is 0.360 e. The SMILES string of the molecule is CCOC(=O)c1cc(C2(O)CCC2)on1.[HH]. The van der Waals surface area contributed by atoms with Gasteiger partial charge in [-0.1, -0.05) is 5.16 Å². The van der Waals surface area contributed by atoms with E-state index in [1.807, 2.05) is 0 Å². The Morgan fingerprint density at radius 1 is 1.80 bits per heavy atom. The van der Waals surface area contributed by atoms with Gasteiger partial charge in [0.2, 0.25) is 0 Å². The second kappa shape index (κ2) is 3.66. The molecular formula is C10H15NO4. The van der Waals surface area contributed by atoms with Gasteiger partial charge in [0.25, 0.3) is 0 Å². The first-order valence-electron chi connectivity index (χ1n) is 5.02. The van der Waals surface area contributed by atoms with Crippen molar-refractivity contribution in [3.05, 3.63) is 17.5 Å². The third-order valence-corrected chi connectivity index (χ3v) is 2.63. The molecule has 0 bridgehead atoms. The van der Waals surface area contributed by atoms with E-state index in [0.717, 1.165) is 6.42 Å².